The van der Waals surface area contributed by atoms with Gasteiger partial charge in [-0.15, -0.1) is 0 Å². The lowest BCUT2D eigenvalue weighted by Crippen LogP contribution is -2.15. The molecule has 4 rings (SSSR count). The molecule has 0 aliphatic heterocycles. The summed E-state index contributed by atoms with van der Waals surface area (Å²) in [5, 5.41) is 3.21. The number of hydrogen-bond donors (Lipinski definition) is 1. The van der Waals surface area contributed by atoms with Gasteiger partial charge in [0.25, 0.3) is 0 Å². The SMILES string of the molecule is Cc1ccccc1Nc1cc(=O)c2cc(F)c(Cl)nc2n1-c1ccccc1C. The lowest BCUT2D eigenvalue weighted by molar-refractivity contribution is 0.624. The Hall–Kier alpha value is -3.18. The largest absolute Gasteiger partial charge is 0.341 e. The molecule has 0 saturated carbocycles. The molecule has 28 heavy (non-hydrogen) atoms. The van der Waals surface area contributed by atoms with Gasteiger partial charge in [-0.1, -0.05) is 48.0 Å². The first-order valence-corrected chi connectivity index (χ1v) is 9.14. The van der Waals surface area contributed by atoms with E-state index in [1.807, 2.05) is 62.4 Å². The maximum atomic E-state index is 14.0. The molecule has 2 heterocycles. The van der Waals surface area contributed by atoms with Crippen molar-refractivity contribution in [1.82, 2.24) is 9.55 Å². The van der Waals surface area contributed by atoms with Crippen LogP contribution in [0.3, 0.4) is 0 Å². The molecule has 0 radical (unpaired) electrons. The maximum Gasteiger partial charge on any atom is 0.193 e. The minimum absolute atomic E-state index is 0.167. The van der Waals surface area contributed by atoms with Gasteiger partial charge in [-0.25, -0.2) is 9.37 Å². The summed E-state index contributed by atoms with van der Waals surface area (Å²) >= 11 is 5.96. The van der Waals surface area contributed by atoms with E-state index in [1.54, 1.807) is 4.57 Å². The molecule has 0 amide bonds. The molecule has 4 aromatic rings. The predicted molar refractivity (Wildman–Crippen MR) is 112 cm³/mol. The van der Waals surface area contributed by atoms with Gasteiger partial charge in [-0.05, 0) is 43.2 Å². The second-order valence-corrected chi connectivity index (χ2v) is 6.95. The van der Waals surface area contributed by atoms with Crippen LogP contribution in [-0.2, 0) is 0 Å². The van der Waals surface area contributed by atoms with Gasteiger partial charge in [0.1, 0.15) is 5.82 Å². The van der Waals surface area contributed by atoms with Crippen molar-refractivity contribution in [3.05, 3.63) is 93.0 Å². The average molecular weight is 394 g/mol. The Bertz CT molecular complexity index is 1270. The van der Waals surface area contributed by atoms with Crippen molar-refractivity contribution in [1.29, 1.82) is 0 Å². The van der Waals surface area contributed by atoms with Crippen LogP contribution in [0.25, 0.3) is 16.7 Å². The molecular weight excluding hydrogens is 377 g/mol. The third kappa shape index (κ3) is 3.14. The Kier molecular flexibility index (Phi) is 4.61. The maximum absolute atomic E-state index is 14.0. The molecule has 0 atom stereocenters. The van der Waals surface area contributed by atoms with E-state index in [2.05, 4.69) is 10.3 Å². The Morgan fingerprint density at radius 1 is 1.00 bits per heavy atom. The number of anilines is 2. The van der Waals surface area contributed by atoms with Gasteiger partial charge >= 0.3 is 0 Å². The summed E-state index contributed by atoms with van der Waals surface area (Å²) in [5.74, 6) is -0.196. The highest BCUT2D eigenvalue weighted by atomic mass is 35.5. The summed E-state index contributed by atoms with van der Waals surface area (Å²) in [4.78, 5) is 16.9. The molecule has 0 aliphatic carbocycles. The molecule has 140 valence electrons. The summed E-state index contributed by atoms with van der Waals surface area (Å²) in [6.45, 7) is 3.94. The zero-order valence-electron chi connectivity index (χ0n) is 15.3. The molecule has 2 aromatic heterocycles. The molecule has 0 saturated heterocycles. The van der Waals surface area contributed by atoms with Crippen molar-refractivity contribution in [3.63, 3.8) is 0 Å². The van der Waals surface area contributed by atoms with Gasteiger partial charge in [-0.3, -0.25) is 9.36 Å². The first-order valence-electron chi connectivity index (χ1n) is 8.76. The molecule has 0 unspecified atom stereocenters. The van der Waals surface area contributed by atoms with E-state index >= 15 is 0 Å². The van der Waals surface area contributed by atoms with E-state index in [1.165, 1.54) is 6.07 Å². The van der Waals surface area contributed by atoms with Crippen LogP contribution < -0.4 is 10.7 Å². The third-order valence-electron chi connectivity index (χ3n) is 4.66. The summed E-state index contributed by atoms with van der Waals surface area (Å²) in [7, 11) is 0. The number of benzene rings is 2. The summed E-state index contributed by atoms with van der Waals surface area (Å²) in [6, 6.07) is 18.1. The zero-order chi connectivity index (χ0) is 19.8. The number of aryl methyl sites for hydroxylation is 2. The van der Waals surface area contributed by atoms with Gasteiger partial charge in [0, 0.05) is 11.8 Å². The van der Waals surface area contributed by atoms with Gasteiger partial charge in [0.15, 0.2) is 22.0 Å². The minimum Gasteiger partial charge on any atom is -0.341 e. The number of rotatable bonds is 3. The Morgan fingerprint density at radius 3 is 2.39 bits per heavy atom. The minimum atomic E-state index is -0.720. The number of para-hydroxylation sites is 2. The van der Waals surface area contributed by atoms with E-state index in [0.717, 1.165) is 28.6 Å². The molecule has 0 fully saturated rings. The van der Waals surface area contributed by atoms with Crippen molar-refractivity contribution in [2.24, 2.45) is 0 Å². The van der Waals surface area contributed by atoms with Crippen LogP contribution in [-0.4, -0.2) is 9.55 Å². The van der Waals surface area contributed by atoms with Crippen LogP contribution >= 0.6 is 11.6 Å². The normalized spacial score (nSPS) is 11.0. The highest BCUT2D eigenvalue weighted by Crippen LogP contribution is 2.28. The lowest BCUT2D eigenvalue weighted by Gasteiger charge is -2.20. The fourth-order valence-electron chi connectivity index (χ4n) is 3.19. The monoisotopic (exact) mass is 393 g/mol. The highest BCUT2D eigenvalue weighted by molar-refractivity contribution is 6.29. The second kappa shape index (κ2) is 7.09. The molecule has 4 nitrogen and oxygen atoms in total. The fraction of sp³-hybridized carbons (Fsp3) is 0.0909. The number of nitrogens with zero attached hydrogens (tertiary/aromatic N) is 2. The quantitative estimate of drug-likeness (QED) is 0.465. The van der Waals surface area contributed by atoms with E-state index in [0.29, 0.717) is 11.5 Å². The Balaban J connectivity index is 2.08. The van der Waals surface area contributed by atoms with E-state index in [4.69, 9.17) is 11.6 Å². The van der Waals surface area contributed by atoms with Crippen molar-refractivity contribution >= 4 is 34.1 Å². The number of nitrogens with one attached hydrogen (secondary N) is 1. The predicted octanol–water partition coefficient (Wildman–Crippen LogP) is 5.54. The fourth-order valence-corrected chi connectivity index (χ4v) is 3.33. The van der Waals surface area contributed by atoms with Gasteiger partial charge in [-0.2, -0.15) is 0 Å². The zero-order valence-corrected chi connectivity index (χ0v) is 16.1. The number of pyridine rings is 2. The van der Waals surface area contributed by atoms with Crippen LogP contribution in [0.4, 0.5) is 15.9 Å². The molecule has 1 N–H and O–H groups in total. The van der Waals surface area contributed by atoms with Crippen LogP contribution in [0.15, 0.2) is 65.5 Å². The number of aromatic nitrogens is 2. The Labute approximate surface area is 166 Å². The van der Waals surface area contributed by atoms with Crippen molar-refractivity contribution in [3.8, 4) is 5.69 Å². The summed E-state index contributed by atoms with van der Waals surface area (Å²) in [6.07, 6.45) is 0. The molecule has 0 bridgehead atoms. The van der Waals surface area contributed by atoms with Crippen molar-refractivity contribution in [2.45, 2.75) is 13.8 Å². The third-order valence-corrected chi connectivity index (χ3v) is 4.93. The molecule has 0 spiro atoms. The highest BCUT2D eigenvalue weighted by Gasteiger charge is 2.17. The Morgan fingerprint density at radius 2 is 1.68 bits per heavy atom. The summed E-state index contributed by atoms with van der Waals surface area (Å²) < 4.78 is 15.8. The van der Waals surface area contributed by atoms with E-state index in [-0.39, 0.29) is 16.0 Å². The first-order chi connectivity index (χ1) is 13.5. The molecule has 6 heteroatoms. The van der Waals surface area contributed by atoms with Crippen molar-refractivity contribution < 1.29 is 4.39 Å². The summed E-state index contributed by atoms with van der Waals surface area (Å²) in [5.41, 5.74) is 3.64. The van der Waals surface area contributed by atoms with Crippen molar-refractivity contribution in [2.75, 3.05) is 5.32 Å². The van der Waals surface area contributed by atoms with Crippen LogP contribution in [0, 0.1) is 19.7 Å². The van der Waals surface area contributed by atoms with Gasteiger partial charge in [0.2, 0.25) is 0 Å². The number of hydrogen-bond acceptors (Lipinski definition) is 3. The van der Waals surface area contributed by atoms with Crippen LogP contribution in [0.1, 0.15) is 11.1 Å². The van der Waals surface area contributed by atoms with Gasteiger partial charge in [0.05, 0.1) is 11.1 Å². The second-order valence-electron chi connectivity index (χ2n) is 6.59. The van der Waals surface area contributed by atoms with Gasteiger partial charge < -0.3 is 5.32 Å². The number of fused-ring (bicyclic) bond motifs is 1. The van der Waals surface area contributed by atoms with Crippen LogP contribution in [0.5, 0.6) is 0 Å². The molecule has 0 aliphatic rings. The first kappa shape index (κ1) is 18.2. The molecule has 2 aromatic carbocycles. The van der Waals surface area contributed by atoms with E-state index < -0.39 is 5.82 Å². The van der Waals surface area contributed by atoms with E-state index in [9.17, 15) is 9.18 Å². The topological polar surface area (TPSA) is 46.9 Å². The van der Waals surface area contributed by atoms with Crippen LogP contribution in [0.2, 0.25) is 5.15 Å². The smallest absolute Gasteiger partial charge is 0.193 e. The number of halogens is 2. The lowest BCUT2D eigenvalue weighted by atomic mass is 10.1. The average Bonchev–Trinajstić information content (AvgIpc) is 2.67. The molecular formula is C22H17ClFN3O. The standard InChI is InChI=1S/C22H17ClFN3O/c1-13-7-3-5-9-17(13)25-20-12-19(28)15-11-16(24)21(23)26-22(15)27(20)18-10-6-4-8-14(18)2/h3-12,25H,1-2H3.